The van der Waals surface area contributed by atoms with E-state index in [9.17, 15) is 9.59 Å². The number of hydrogen-bond acceptors (Lipinski definition) is 6. The molecule has 1 aliphatic heterocycles. The molecular formula is C24H20O6. The second-order valence-electron chi connectivity index (χ2n) is 6.59. The zero-order valence-corrected chi connectivity index (χ0v) is 16.2. The number of benzene rings is 3. The van der Waals surface area contributed by atoms with E-state index >= 15 is 0 Å². The molecule has 3 aromatic carbocycles. The second-order valence-corrected chi connectivity index (χ2v) is 6.59. The second kappa shape index (κ2) is 9.13. The quantitative estimate of drug-likeness (QED) is 0.439. The van der Waals surface area contributed by atoms with Gasteiger partial charge >= 0.3 is 5.97 Å². The third kappa shape index (κ3) is 4.60. The van der Waals surface area contributed by atoms with Gasteiger partial charge in [-0.15, -0.1) is 0 Å². The van der Waals surface area contributed by atoms with Crippen LogP contribution in [0.5, 0.6) is 17.2 Å². The van der Waals surface area contributed by atoms with E-state index < -0.39 is 5.97 Å². The van der Waals surface area contributed by atoms with Gasteiger partial charge in [-0.1, -0.05) is 48.5 Å². The van der Waals surface area contributed by atoms with Crippen molar-refractivity contribution in [2.24, 2.45) is 0 Å². The van der Waals surface area contributed by atoms with Gasteiger partial charge in [-0.2, -0.15) is 0 Å². The van der Waals surface area contributed by atoms with E-state index in [1.54, 1.807) is 24.3 Å². The molecule has 1 aliphatic rings. The van der Waals surface area contributed by atoms with E-state index in [1.807, 2.05) is 48.5 Å². The van der Waals surface area contributed by atoms with Crippen LogP contribution in [-0.4, -0.2) is 38.2 Å². The topological polar surface area (TPSA) is 71.1 Å². The molecule has 0 aliphatic carbocycles. The molecule has 0 N–H and O–H groups in total. The van der Waals surface area contributed by atoms with Crippen LogP contribution < -0.4 is 14.2 Å². The molecule has 152 valence electrons. The van der Waals surface area contributed by atoms with Crippen molar-refractivity contribution < 1.29 is 28.5 Å². The molecule has 1 heterocycles. The Morgan fingerprint density at radius 2 is 1.53 bits per heavy atom. The Bertz CT molecular complexity index is 1040. The first-order valence-electron chi connectivity index (χ1n) is 9.56. The lowest BCUT2D eigenvalue weighted by Crippen LogP contribution is -2.20. The number of para-hydroxylation sites is 1. The Hall–Kier alpha value is -3.80. The minimum atomic E-state index is -0.622. The minimum Gasteiger partial charge on any atom is -0.486 e. The molecule has 3 aromatic rings. The van der Waals surface area contributed by atoms with Crippen LogP contribution in [-0.2, 0) is 9.53 Å². The zero-order chi connectivity index (χ0) is 20.8. The minimum absolute atomic E-state index is 0.293. The normalized spacial score (nSPS) is 12.1. The maximum atomic E-state index is 12.3. The Balaban J connectivity index is 1.32. The molecule has 0 aromatic heterocycles. The molecule has 0 spiro atoms. The summed E-state index contributed by atoms with van der Waals surface area (Å²) in [5, 5.41) is 0. The highest BCUT2D eigenvalue weighted by molar-refractivity contribution is 5.98. The Labute approximate surface area is 174 Å². The van der Waals surface area contributed by atoms with E-state index in [2.05, 4.69) is 0 Å². The van der Waals surface area contributed by atoms with Crippen LogP contribution >= 0.6 is 0 Å². The first kappa shape index (κ1) is 19.5. The van der Waals surface area contributed by atoms with Crippen LogP contribution in [0, 0.1) is 0 Å². The maximum absolute atomic E-state index is 12.3. The standard InChI is InChI=1S/C24H20O6/c25-20(18-10-11-22-23(14-18)28-13-12-27-22)15-30-24(26)16-29-21-9-5-4-8-19(21)17-6-2-1-3-7-17/h1-11,14H,12-13,15-16H2. The summed E-state index contributed by atoms with van der Waals surface area (Å²) in [6, 6.07) is 22.1. The summed E-state index contributed by atoms with van der Waals surface area (Å²) >= 11 is 0. The smallest absolute Gasteiger partial charge is 0.344 e. The predicted octanol–water partition coefficient (Wildman–Crippen LogP) is 3.93. The third-order valence-corrected chi connectivity index (χ3v) is 4.55. The van der Waals surface area contributed by atoms with Gasteiger partial charge in [-0.05, 0) is 29.8 Å². The SMILES string of the molecule is O=C(COc1ccccc1-c1ccccc1)OCC(=O)c1ccc2c(c1)OCCO2. The Morgan fingerprint density at radius 1 is 0.800 bits per heavy atom. The molecule has 0 radical (unpaired) electrons. The molecule has 4 rings (SSSR count). The summed E-state index contributed by atoms with van der Waals surface area (Å²) in [4.78, 5) is 24.4. The molecular weight excluding hydrogens is 384 g/mol. The molecule has 0 atom stereocenters. The average molecular weight is 404 g/mol. The van der Waals surface area contributed by atoms with Crippen LogP contribution in [0.2, 0.25) is 0 Å². The largest absolute Gasteiger partial charge is 0.486 e. The first-order chi connectivity index (χ1) is 14.7. The molecule has 30 heavy (non-hydrogen) atoms. The highest BCUT2D eigenvalue weighted by Gasteiger charge is 2.16. The summed E-state index contributed by atoms with van der Waals surface area (Å²) < 4.78 is 21.6. The molecule has 6 nitrogen and oxygen atoms in total. The van der Waals surface area contributed by atoms with E-state index in [0.717, 1.165) is 11.1 Å². The number of hydrogen-bond donors (Lipinski definition) is 0. The fourth-order valence-corrected chi connectivity index (χ4v) is 3.07. The van der Waals surface area contributed by atoms with Gasteiger partial charge < -0.3 is 18.9 Å². The molecule has 6 heteroatoms. The Kier molecular flexibility index (Phi) is 5.94. The fourth-order valence-electron chi connectivity index (χ4n) is 3.07. The van der Waals surface area contributed by atoms with Gasteiger partial charge in [0.25, 0.3) is 0 Å². The van der Waals surface area contributed by atoms with Crippen LogP contribution in [0.4, 0.5) is 0 Å². The first-order valence-corrected chi connectivity index (χ1v) is 9.56. The zero-order valence-electron chi connectivity index (χ0n) is 16.2. The number of fused-ring (bicyclic) bond motifs is 1. The van der Waals surface area contributed by atoms with E-state index in [1.165, 1.54) is 0 Å². The number of carbonyl (C=O) groups is 2. The average Bonchev–Trinajstić information content (AvgIpc) is 2.81. The van der Waals surface area contributed by atoms with Gasteiger partial charge in [-0.3, -0.25) is 4.79 Å². The monoisotopic (exact) mass is 404 g/mol. The van der Waals surface area contributed by atoms with Crippen LogP contribution in [0.25, 0.3) is 11.1 Å². The number of esters is 1. The van der Waals surface area contributed by atoms with Crippen molar-refractivity contribution in [3.05, 3.63) is 78.4 Å². The number of ketones is 1. The summed E-state index contributed by atoms with van der Waals surface area (Å²) in [7, 11) is 0. The molecule has 0 saturated carbocycles. The van der Waals surface area contributed by atoms with Crippen LogP contribution in [0.1, 0.15) is 10.4 Å². The molecule has 0 fully saturated rings. The predicted molar refractivity (Wildman–Crippen MR) is 110 cm³/mol. The van der Waals surface area contributed by atoms with Crippen LogP contribution in [0.3, 0.4) is 0 Å². The van der Waals surface area contributed by atoms with E-state index in [-0.39, 0.29) is 19.0 Å². The fraction of sp³-hybridized carbons (Fsp3) is 0.167. The van der Waals surface area contributed by atoms with Gasteiger partial charge in [0.05, 0.1) is 0 Å². The van der Waals surface area contributed by atoms with E-state index in [4.69, 9.17) is 18.9 Å². The molecule has 0 saturated heterocycles. The lowest BCUT2D eigenvalue weighted by Gasteiger charge is -2.18. The lowest BCUT2D eigenvalue weighted by atomic mass is 10.1. The summed E-state index contributed by atoms with van der Waals surface area (Å²) in [5.74, 6) is 0.729. The summed E-state index contributed by atoms with van der Waals surface area (Å²) in [6.07, 6.45) is 0. The lowest BCUT2D eigenvalue weighted by molar-refractivity contribution is -0.144. The van der Waals surface area contributed by atoms with Gasteiger partial charge in [0.1, 0.15) is 19.0 Å². The number of rotatable bonds is 7. The summed E-state index contributed by atoms with van der Waals surface area (Å²) in [6.45, 7) is 0.243. The van der Waals surface area contributed by atoms with Gasteiger partial charge in [0.15, 0.2) is 30.5 Å². The number of ether oxygens (including phenoxy) is 4. The van der Waals surface area contributed by atoms with Gasteiger partial charge in [0.2, 0.25) is 0 Å². The third-order valence-electron chi connectivity index (χ3n) is 4.55. The van der Waals surface area contributed by atoms with Crippen molar-refractivity contribution in [1.29, 1.82) is 0 Å². The van der Waals surface area contributed by atoms with Crippen molar-refractivity contribution in [3.63, 3.8) is 0 Å². The van der Waals surface area contributed by atoms with Gasteiger partial charge in [0, 0.05) is 11.1 Å². The van der Waals surface area contributed by atoms with Crippen molar-refractivity contribution >= 4 is 11.8 Å². The molecule has 0 amide bonds. The van der Waals surface area contributed by atoms with Crippen molar-refractivity contribution in [2.45, 2.75) is 0 Å². The van der Waals surface area contributed by atoms with Crippen molar-refractivity contribution in [2.75, 3.05) is 26.4 Å². The number of Topliss-reactive ketones (excluding diaryl/α,β-unsaturated/α-hetero) is 1. The Morgan fingerprint density at radius 3 is 2.37 bits per heavy atom. The van der Waals surface area contributed by atoms with Crippen LogP contribution in [0.15, 0.2) is 72.8 Å². The molecule has 0 bridgehead atoms. The van der Waals surface area contributed by atoms with Crippen molar-refractivity contribution in [3.8, 4) is 28.4 Å². The molecule has 0 unspecified atom stereocenters. The number of carbonyl (C=O) groups excluding carboxylic acids is 2. The van der Waals surface area contributed by atoms with Gasteiger partial charge in [-0.25, -0.2) is 4.79 Å². The highest BCUT2D eigenvalue weighted by atomic mass is 16.6. The van der Waals surface area contributed by atoms with E-state index in [0.29, 0.717) is 36.0 Å². The summed E-state index contributed by atoms with van der Waals surface area (Å²) in [5.41, 5.74) is 2.25. The van der Waals surface area contributed by atoms with Crippen molar-refractivity contribution in [1.82, 2.24) is 0 Å². The highest BCUT2D eigenvalue weighted by Crippen LogP contribution is 2.31. The maximum Gasteiger partial charge on any atom is 0.344 e.